The van der Waals surface area contributed by atoms with Crippen LogP contribution >= 0.6 is 0 Å². The van der Waals surface area contributed by atoms with E-state index in [1.807, 2.05) is 32.6 Å². The van der Waals surface area contributed by atoms with E-state index in [-0.39, 0.29) is 0 Å². The molecule has 0 unspecified atom stereocenters. The lowest BCUT2D eigenvalue weighted by Crippen LogP contribution is -2.47. The summed E-state index contributed by atoms with van der Waals surface area (Å²) in [4.78, 5) is 14.1. The second-order valence-corrected chi connectivity index (χ2v) is 6.41. The van der Waals surface area contributed by atoms with Crippen molar-refractivity contribution in [2.45, 2.75) is 6.92 Å². The van der Waals surface area contributed by atoms with E-state index in [0.29, 0.717) is 0 Å². The van der Waals surface area contributed by atoms with Crippen LogP contribution in [0.4, 0.5) is 11.6 Å². The molecule has 0 aliphatic carbocycles. The molecule has 0 spiro atoms. The van der Waals surface area contributed by atoms with Crippen LogP contribution in [-0.2, 0) is 7.05 Å². The number of anilines is 2. The van der Waals surface area contributed by atoms with Crippen molar-refractivity contribution in [1.82, 2.24) is 19.7 Å². The first kappa shape index (κ1) is 15.6. The predicted molar refractivity (Wildman–Crippen MR) is 99.8 cm³/mol. The minimum Gasteiger partial charge on any atom is -0.368 e. The van der Waals surface area contributed by atoms with E-state index in [1.54, 1.807) is 4.68 Å². The zero-order valence-electron chi connectivity index (χ0n) is 14.6. The van der Waals surface area contributed by atoms with E-state index in [0.717, 1.165) is 48.9 Å². The van der Waals surface area contributed by atoms with Crippen LogP contribution in [0.1, 0.15) is 5.56 Å². The van der Waals surface area contributed by atoms with E-state index in [4.69, 9.17) is 4.98 Å². The van der Waals surface area contributed by atoms with Crippen molar-refractivity contribution in [2.24, 2.45) is 7.05 Å². The highest BCUT2D eigenvalue weighted by Crippen LogP contribution is 2.23. The van der Waals surface area contributed by atoms with Gasteiger partial charge in [0, 0.05) is 56.9 Å². The van der Waals surface area contributed by atoms with Crippen LogP contribution in [0.2, 0.25) is 0 Å². The van der Waals surface area contributed by atoms with Crippen molar-refractivity contribution in [3.05, 3.63) is 54.5 Å². The fourth-order valence-corrected chi connectivity index (χ4v) is 3.22. The number of aryl methyl sites for hydroxylation is 2. The Morgan fingerprint density at radius 3 is 2.32 bits per heavy atom. The summed E-state index contributed by atoms with van der Waals surface area (Å²) >= 11 is 0. The maximum Gasteiger partial charge on any atom is 0.225 e. The third-order valence-electron chi connectivity index (χ3n) is 4.62. The Balaban J connectivity index is 1.52. The van der Waals surface area contributed by atoms with Gasteiger partial charge in [-0.3, -0.25) is 4.68 Å². The lowest BCUT2D eigenvalue weighted by molar-refractivity contribution is 0.640. The number of nitrogens with zero attached hydrogens (tertiary/aromatic N) is 6. The SMILES string of the molecule is Cc1cnc(N2CCN(c3ccccc3)CC2)nc1-c1cnn(C)c1. The van der Waals surface area contributed by atoms with E-state index in [2.05, 4.69) is 50.2 Å². The molecule has 4 rings (SSSR count). The van der Waals surface area contributed by atoms with Gasteiger partial charge < -0.3 is 9.80 Å². The van der Waals surface area contributed by atoms with Crippen LogP contribution in [0, 0.1) is 6.92 Å². The third-order valence-corrected chi connectivity index (χ3v) is 4.62. The molecule has 6 nitrogen and oxygen atoms in total. The molecule has 1 aromatic carbocycles. The van der Waals surface area contributed by atoms with Crippen molar-refractivity contribution in [1.29, 1.82) is 0 Å². The molecule has 25 heavy (non-hydrogen) atoms. The van der Waals surface area contributed by atoms with Gasteiger partial charge in [0.15, 0.2) is 0 Å². The van der Waals surface area contributed by atoms with Crippen LogP contribution in [0.25, 0.3) is 11.3 Å². The van der Waals surface area contributed by atoms with Crippen LogP contribution in [0.3, 0.4) is 0 Å². The van der Waals surface area contributed by atoms with Gasteiger partial charge in [-0.05, 0) is 24.6 Å². The Hall–Kier alpha value is -2.89. The number of aromatic nitrogens is 4. The number of piperazine rings is 1. The Bertz CT molecular complexity index is 849. The maximum absolute atomic E-state index is 4.82. The molecule has 6 heteroatoms. The minimum absolute atomic E-state index is 0.803. The Morgan fingerprint density at radius 1 is 0.920 bits per heavy atom. The molecule has 1 saturated heterocycles. The van der Waals surface area contributed by atoms with Crippen molar-refractivity contribution < 1.29 is 0 Å². The molecule has 1 fully saturated rings. The summed E-state index contributed by atoms with van der Waals surface area (Å²) in [6, 6.07) is 10.6. The molecule has 2 aromatic heterocycles. The number of hydrogen-bond donors (Lipinski definition) is 0. The second kappa shape index (κ2) is 6.55. The van der Waals surface area contributed by atoms with Crippen molar-refractivity contribution >= 4 is 11.6 Å². The largest absolute Gasteiger partial charge is 0.368 e. The molecule has 0 bridgehead atoms. The molecule has 1 aliphatic heterocycles. The fourth-order valence-electron chi connectivity index (χ4n) is 3.22. The van der Waals surface area contributed by atoms with Gasteiger partial charge in [0.1, 0.15) is 0 Å². The van der Waals surface area contributed by atoms with E-state index in [1.165, 1.54) is 5.69 Å². The number of para-hydroxylation sites is 1. The standard InChI is InChI=1S/C19H22N6/c1-15-12-20-19(22-18(15)16-13-21-23(2)14-16)25-10-8-24(9-11-25)17-6-4-3-5-7-17/h3-7,12-14H,8-11H2,1-2H3. The van der Waals surface area contributed by atoms with Crippen LogP contribution < -0.4 is 9.80 Å². The molecular formula is C19H22N6. The summed E-state index contributed by atoms with van der Waals surface area (Å²) in [5, 5.41) is 4.26. The number of hydrogen-bond acceptors (Lipinski definition) is 5. The monoisotopic (exact) mass is 334 g/mol. The lowest BCUT2D eigenvalue weighted by Gasteiger charge is -2.36. The fraction of sp³-hybridized carbons (Fsp3) is 0.316. The van der Waals surface area contributed by atoms with Crippen LogP contribution in [0.15, 0.2) is 48.9 Å². The van der Waals surface area contributed by atoms with E-state index in [9.17, 15) is 0 Å². The molecule has 0 amide bonds. The summed E-state index contributed by atoms with van der Waals surface area (Å²) in [5.41, 5.74) is 4.35. The quantitative estimate of drug-likeness (QED) is 0.737. The van der Waals surface area contributed by atoms with Gasteiger partial charge in [-0.2, -0.15) is 5.10 Å². The number of rotatable bonds is 3. The Labute approximate surface area is 147 Å². The molecular weight excluding hydrogens is 312 g/mol. The van der Waals surface area contributed by atoms with Crippen LogP contribution in [0.5, 0.6) is 0 Å². The average molecular weight is 334 g/mol. The first-order valence-corrected chi connectivity index (χ1v) is 8.58. The van der Waals surface area contributed by atoms with Crippen molar-refractivity contribution in [3.8, 4) is 11.3 Å². The molecule has 1 aliphatic rings. The summed E-state index contributed by atoms with van der Waals surface area (Å²) < 4.78 is 1.80. The highest BCUT2D eigenvalue weighted by atomic mass is 15.3. The summed E-state index contributed by atoms with van der Waals surface area (Å²) in [7, 11) is 1.92. The Kier molecular flexibility index (Phi) is 4.09. The average Bonchev–Trinajstić information content (AvgIpc) is 3.09. The van der Waals surface area contributed by atoms with Gasteiger partial charge >= 0.3 is 0 Å². The predicted octanol–water partition coefficient (Wildman–Crippen LogP) is 2.51. The van der Waals surface area contributed by atoms with Crippen molar-refractivity contribution in [2.75, 3.05) is 36.0 Å². The van der Waals surface area contributed by atoms with Gasteiger partial charge in [-0.1, -0.05) is 18.2 Å². The van der Waals surface area contributed by atoms with Gasteiger partial charge in [0.2, 0.25) is 5.95 Å². The first-order valence-electron chi connectivity index (χ1n) is 8.58. The maximum atomic E-state index is 4.82. The zero-order valence-corrected chi connectivity index (χ0v) is 14.6. The normalized spacial score (nSPS) is 14.8. The minimum atomic E-state index is 0.803. The van der Waals surface area contributed by atoms with Gasteiger partial charge in [0.25, 0.3) is 0 Å². The number of benzene rings is 1. The summed E-state index contributed by atoms with van der Waals surface area (Å²) in [6.45, 7) is 5.83. The van der Waals surface area contributed by atoms with E-state index >= 15 is 0 Å². The molecule has 3 aromatic rings. The van der Waals surface area contributed by atoms with Crippen molar-refractivity contribution in [3.63, 3.8) is 0 Å². The molecule has 0 N–H and O–H groups in total. The molecule has 3 heterocycles. The van der Waals surface area contributed by atoms with Gasteiger partial charge in [0.05, 0.1) is 11.9 Å². The van der Waals surface area contributed by atoms with Gasteiger partial charge in [-0.25, -0.2) is 9.97 Å². The Morgan fingerprint density at radius 2 is 1.64 bits per heavy atom. The topological polar surface area (TPSA) is 50.1 Å². The molecule has 0 atom stereocenters. The third kappa shape index (κ3) is 3.20. The zero-order chi connectivity index (χ0) is 17.2. The highest BCUT2D eigenvalue weighted by molar-refractivity contribution is 5.62. The molecule has 0 saturated carbocycles. The second-order valence-electron chi connectivity index (χ2n) is 6.41. The van der Waals surface area contributed by atoms with Gasteiger partial charge in [-0.15, -0.1) is 0 Å². The molecule has 0 radical (unpaired) electrons. The highest BCUT2D eigenvalue weighted by Gasteiger charge is 2.20. The first-order chi connectivity index (χ1) is 12.2. The van der Waals surface area contributed by atoms with E-state index < -0.39 is 0 Å². The molecule has 128 valence electrons. The van der Waals surface area contributed by atoms with Crippen LogP contribution in [-0.4, -0.2) is 45.9 Å². The smallest absolute Gasteiger partial charge is 0.225 e. The summed E-state index contributed by atoms with van der Waals surface area (Å²) in [5.74, 6) is 0.803. The summed E-state index contributed by atoms with van der Waals surface area (Å²) in [6.07, 6.45) is 5.76. The lowest BCUT2D eigenvalue weighted by atomic mass is 10.1.